The Labute approximate surface area is 177 Å². The van der Waals surface area contributed by atoms with Crippen LogP contribution in [0.4, 0.5) is 4.39 Å². The van der Waals surface area contributed by atoms with E-state index in [1.54, 1.807) is 12.3 Å². The summed E-state index contributed by atoms with van der Waals surface area (Å²) >= 11 is 0. The van der Waals surface area contributed by atoms with Crippen LogP contribution in [0.2, 0.25) is 0 Å². The summed E-state index contributed by atoms with van der Waals surface area (Å²) in [5.41, 5.74) is 3.07. The molecule has 1 radical (unpaired) electrons. The molecular weight excluding hydrogens is 533 g/mol. The van der Waals surface area contributed by atoms with Crippen LogP contribution in [0.3, 0.4) is 0 Å². The summed E-state index contributed by atoms with van der Waals surface area (Å²) in [5.74, 6) is -0.246. The first kappa shape index (κ1) is 21.9. The van der Waals surface area contributed by atoms with Crippen molar-refractivity contribution in [3.8, 4) is 11.3 Å². The molecule has 1 aromatic heterocycles. The van der Waals surface area contributed by atoms with Crippen LogP contribution in [0.1, 0.15) is 38.8 Å². The van der Waals surface area contributed by atoms with E-state index in [9.17, 15) is 9.18 Å². The maximum Gasteiger partial charge on any atom is 0.155 e. The van der Waals surface area contributed by atoms with Gasteiger partial charge < -0.3 is 10.1 Å². The van der Waals surface area contributed by atoms with Gasteiger partial charge in [-0.25, -0.2) is 4.39 Å². The molecule has 0 aliphatic heterocycles. The Bertz CT molecular complexity index is 1060. The van der Waals surface area contributed by atoms with Crippen LogP contribution >= 0.6 is 0 Å². The topological polar surface area (TPSA) is 50.2 Å². The molecule has 3 aromatic rings. The molecule has 2 aromatic carbocycles. The van der Waals surface area contributed by atoms with E-state index < -0.39 is 0 Å². The molecule has 1 aliphatic carbocycles. The van der Waals surface area contributed by atoms with Crippen molar-refractivity contribution in [2.45, 2.75) is 33.1 Å². The standard InChI is InChI=1S/C18H13FN.C5H8O2.Ir/c1-18(2)13-7-3-5-11-9-10-20-17(15(11)13)12-6-4-8-14(19)16(12)18;1-4(6)3-5(2)7;/h3-5,7-10H,1-2H3;3,6H,1-2H3;/q-1;;. The van der Waals surface area contributed by atoms with Crippen LogP contribution in [0.15, 0.2) is 54.4 Å². The number of fused-ring (bicyclic) bond motifs is 2. The number of benzene rings is 2. The minimum Gasteiger partial charge on any atom is -0.512 e. The van der Waals surface area contributed by atoms with Crippen molar-refractivity contribution >= 4 is 16.6 Å². The number of rotatable bonds is 1. The number of pyridine rings is 1. The monoisotopic (exact) mass is 555 g/mol. The summed E-state index contributed by atoms with van der Waals surface area (Å²) in [6.07, 6.45) is 2.95. The van der Waals surface area contributed by atoms with Crippen molar-refractivity contribution in [3.63, 3.8) is 0 Å². The minimum atomic E-state index is -0.382. The van der Waals surface area contributed by atoms with E-state index in [0.717, 1.165) is 27.6 Å². The third-order valence-corrected chi connectivity index (χ3v) is 4.68. The number of carbonyl (C=O) groups is 1. The largest absolute Gasteiger partial charge is 0.512 e. The van der Waals surface area contributed by atoms with Gasteiger partial charge in [-0.05, 0) is 47.4 Å². The fourth-order valence-corrected chi connectivity index (χ4v) is 3.64. The number of hydrogen-bond donors (Lipinski definition) is 1. The zero-order chi connectivity index (χ0) is 19.8. The third kappa shape index (κ3) is 3.91. The van der Waals surface area contributed by atoms with Crippen molar-refractivity contribution in [2.24, 2.45) is 0 Å². The van der Waals surface area contributed by atoms with Gasteiger partial charge in [0.25, 0.3) is 0 Å². The number of allylic oxidation sites excluding steroid dienone is 2. The van der Waals surface area contributed by atoms with E-state index in [4.69, 9.17) is 5.11 Å². The molecule has 0 fully saturated rings. The summed E-state index contributed by atoms with van der Waals surface area (Å²) in [4.78, 5) is 14.5. The molecule has 28 heavy (non-hydrogen) atoms. The average Bonchev–Trinajstić information content (AvgIpc) is 2.58. The van der Waals surface area contributed by atoms with Crippen LogP contribution in [-0.2, 0) is 30.3 Å². The Morgan fingerprint density at radius 3 is 2.54 bits per heavy atom. The molecule has 0 bridgehead atoms. The number of aliphatic hydroxyl groups excluding tert-OH is 1. The van der Waals surface area contributed by atoms with Gasteiger partial charge in [0.1, 0.15) is 0 Å². The summed E-state index contributed by atoms with van der Waals surface area (Å²) in [5, 5.41) is 10.6. The van der Waals surface area contributed by atoms with Crippen molar-refractivity contribution < 1.29 is 34.4 Å². The van der Waals surface area contributed by atoms with Crippen molar-refractivity contribution in [1.29, 1.82) is 0 Å². The van der Waals surface area contributed by atoms with Gasteiger partial charge in [-0.3, -0.25) is 4.79 Å². The van der Waals surface area contributed by atoms with Gasteiger partial charge in [-0.1, -0.05) is 37.6 Å². The second kappa shape index (κ2) is 8.34. The summed E-state index contributed by atoms with van der Waals surface area (Å²) in [6, 6.07) is 14.5. The Morgan fingerprint density at radius 1 is 1.21 bits per heavy atom. The predicted octanol–water partition coefficient (Wildman–Crippen LogP) is 5.52. The Hall–Kier alpha value is -2.36. The SMILES string of the molecule is CC(=O)C=C(C)O.CC1(C)c2c([c-]ccc2F)-c2nccc3cccc1c23.[Ir]. The molecule has 1 aliphatic rings. The summed E-state index contributed by atoms with van der Waals surface area (Å²) in [7, 11) is 0. The molecular formula is C23H21FIrNO2-. The van der Waals surface area contributed by atoms with E-state index in [-0.39, 0.29) is 42.9 Å². The first-order valence-corrected chi connectivity index (χ1v) is 8.70. The Balaban J connectivity index is 0.000000306. The Morgan fingerprint density at radius 2 is 1.93 bits per heavy atom. The number of carbonyl (C=O) groups excluding carboxylic acids is 1. The number of aliphatic hydroxyl groups is 1. The molecule has 0 amide bonds. The molecule has 5 heteroatoms. The zero-order valence-electron chi connectivity index (χ0n) is 16.1. The molecule has 0 atom stereocenters. The zero-order valence-corrected chi connectivity index (χ0v) is 18.5. The quantitative estimate of drug-likeness (QED) is 0.245. The number of ketones is 1. The van der Waals surface area contributed by atoms with Gasteiger partial charge in [-0.2, -0.15) is 0 Å². The van der Waals surface area contributed by atoms with Crippen LogP contribution in [0, 0.1) is 11.9 Å². The second-order valence-corrected chi connectivity index (χ2v) is 7.16. The summed E-state index contributed by atoms with van der Waals surface area (Å²) < 4.78 is 14.4. The van der Waals surface area contributed by atoms with Crippen molar-refractivity contribution in [2.75, 3.05) is 0 Å². The fraction of sp³-hybridized carbons (Fsp3) is 0.217. The van der Waals surface area contributed by atoms with Gasteiger partial charge in [0, 0.05) is 38.2 Å². The van der Waals surface area contributed by atoms with Gasteiger partial charge in [0.05, 0.1) is 5.76 Å². The van der Waals surface area contributed by atoms with Crippen LogP contribution in [-0.4, -0.2) is 15.9 Å². The van der Waals surface area contributed by atoms with Gasteiger partial charge in [0.15, 0.2) is 5.78 Å². The fourth-order valence-electron chi connectivity index (χ4n) is 3.64. The molecule has 4 rings (SSSR count). The normalized spacial score (nSPS) is 13.7. The number of nitrogens with zero attached hydrogens (tertiary/aromatic N) is 1. The first-order valence-electron chi connectivity index (χ1n) is 8.70. The first-order chi connectivity index (χ1) is 12.7. The van der Waals surface area contributed by atoms with Gasteiger partial charge >= 0.3 is 0 Å². The molecule has 1 N–H and O–H groups in total. The van der Waals surface area contributed by atoms with Gasteiger partial charge in [-0.15, -0.1) is 23.8 Å². The van der Waals surface area contributed by atoms with E-state index in [0.29, 0.717) is 5.56 Å². The van der Waals surface area contributed by atoms with E-state index in [1.165, 1.54) is 26.0 Å². The predicted molar refractivity (Wildman–Crippen MR) is 105 cm³/mol. The molecule has 0 saturated heterocycles. The maximum absolute atomic E-state index is 14.4. The van der Waals surface area contributed by atoms with Crippen LogP contribution in [0.5, 0.6) is 0 Å². The number of halogens is 1. The van der Waals surface area contributed by atoms with E-state index in [2.05, 4.69) is 37.0 Å². The van der Waals surface area contributed by atoms with Crippen LogP contribution < -0.4 is 0 Å². The molecule has 0 saturated carbocycles. The maximum atomic E-state index is 14.4. The van der Waals surface area contributed by atoms with Crippen LogP contribution in [0.25, 0.3) is 22.0 Å². The Kier molecular flexibility index (Phi) is 6.53. The molecule has 3 nitrogen and oxygen atoms in total. The van der Waals surface area contributed by atoms with Crippen molar-refractivity contribution in [3.05, 3.63) is 77.4 Å². The second-order valence-electron chi connectivity index (χ2n) is 7.16. The minimum absolute atomic E-state index is 0. The molecule has 0 spiro atoms. The number of aromatic nitrogens is 1. The average molecular weight is 555 g/mol. The van der Waals surface area contributed by atoms with E-state index in [1.807, 2.05) is 12.1 Å². The van der Waals surface area contributed by atoms with Crippen molar-refractivity contribution in [1.82, 2.24) is 4.98 Å². The molecule has 147 valence electrons. The third-order valence-electron chi connectivity index (χ3n) is 4.68. The van der Waals surface area contributed by atoms with E-state index >= 15 is 0 Å². The molecule has 0 unspecified atom stereocenters. The van der Waals surface area contributed by atoms with Gasteiger partial charge in [0.2, 0.25) is 0 Å². The smallest absolute Gasteiger partial charge is 0.155 e. The number of hydrogen-bond acceptors (Lipinski definition) is 3. The molecule has 1 heterocycles. The summed E-state index contributed by atoms with van der Waals surface area (Å²) in [6.45, 7) is 6.97.